The van der Waals surface area contributed by atoms with E-state index >= 15 is 0 Å². The highest BCUT2D eigenvalue weighted by atomic mass is 16.5. The van der Waals surface area contributed by atoms with E-state index in [9.17, 15) is 4.79 Å². The molecule has 0 unspecified atom stereocenters. The summed E-state index contributed by atoms with van der Waals surface area (Å²) in [7, 11) is 0. The summed E-state index contributed by atoms with van der Waals surface area (Å²) in [5.74, 6) is -0.340. The molecule has 3 heteroatoms. The highest BCUT2D eigenvalue weighted by Crippen LogP contribution is 2.16. The van der Waals surface area contributed by atoms with Crippen molar-refractivity contribution >= 4 is 11.7 Å². The van der Waals surface area contributed by atoms with E-state index in [-0.39, 0.29) is 12.6 Å². The van der Waals surface area contributed by atoms with Crippen LogP contribution in [0.25, 0.3) is 0 Å². The zero-order valence-electron chi connectivity index (χ0n) is 12.1. The van der Waals surface area contributed by atoms with Crippen LogP contribution >= 0.6 is 0 Å². The van der Waals surface area contributed by atoms with E-state index in [0.717, 1.165) is 11.1 Å². The molecule has 0 amide bonds. The molecule has 0 aliphatic rings. The predicted molar refractivity (Wildman–Crippen MR) is 80.6 cm³/mol. The molecule has 0 saturated heterocycles. The van der Waals surface area contributed by atoms with Crippen LogP contribution in [0, 0.1) is 20.8 Å². The van der Waals surface area contributed by atoms with Gasteiger partial charge in [-0.05, 0) is 55.2 Å². The van der Waals surface area contributed by atoms with Gasteiger partial charge in [0.05, 0.1) is 5.56 Å². The highest BCUT2D eigenvalue weighted by Gasteiger charge is 2.11. The lowest BCUT2D eigenvalue weighted by molar-refractivity contribution is 0.0472. The number of rotatable bonds is 3. The fourth-order valence-electron chi connectivity index (χ4n) is 1.98. The lowest BCUT2D eigenvalue weighted by Gasteiger charge is -2.09. The number of hydrogen-bond acceptors (Lipinski definition) is 3. The molecule has 0 atom stereocenters. The van der Waals surface area contributed by atoms with Crippen molar-refractivity contribution in [1.29, 1.82) is 0 Å². The number of carbonyl (C=O) groups is 1. The van der Waals surface area contributed by atoms with Gasteiger partial charge in [0.25, 0.3) is 0 Å². The third-order valence-corrected chi connectivity index (χ3v) is 3.42. The summed E-state index contributed by atoms with van der Waals surface area (Å²) >= 11 is 0. The molecule has 0 radical (unpaired) electrons. The monoisotopic (exact) mass is 269 g/mol. The lowest BCUT2D eigenvalue weighted by Crippen LogP contribution is -2.08. The number of anilines is 1. The minimum Gasteiger partial charge on any atom is -0.457 e. The van der Waals surface area contributed by atoms with Gasteiger partial charge in [0.2, 0.25) is 0 Å². The SMILES string of the molecule is Cc1ccc(COC(=O)c2cc(N)ccc2C)cc1C. The lowest BCUT2D eigenvalue weighted by atomic mass is 10.1. The van der Waals surface area contributed by atoms with Crippen LogP contribution in [-0.2, 0) is 11.3 Å². The zero-order chi connectivity index (χ0) is 14.7. The first-order chi connectivity index (χ1) is 9.47. The van der Waals surface area contributed by atoms with Crippen molar-refractivity contribution in [1.82, 2.24) is 0 Å². The molecular weight excluding hydrogens is 250 g/mol. The molecule has 2 aromatic carbocycles. The third kappa shape index (κ3) is 3.18. The van der Waals surface area contributed by atoms with Crippen LogP contribution in [0.4, 0.5) is 5.69 Å². The fraction of sp³-hybridized carbons (Fsp3) is 0.235. The Bertz CT molecular complexity index is 647. The van der Waals surface area contributed by atoms with E-state index in [2.05, 4.69) is 6.92 Å². The van der Waals surface area contributed by atoms with Crippen molar-refractivity contribution in [3.05, 3.63) is 64.2 Å². The molecule has 0 aromatic heterocycles. The quantitative estimate of drug-likeness (QED) is 0.684. The van der Waals surface area contributed by atoms with Gasteiger partial charge in [-0.15, -0.1) is 0 Å². The second-order valence-electron chi connectivity index (χ2n) is 5.07. The van der Waals surface area contributed by atoms with Crippen molar-refractivity contribution in [3.63, 3.8) is 0 Å². The van der Waals surface area contributed by atoms with Gasteiger partial charge in [-0.2, -0.15) is 0 Å². The minimum atomic E-state index is -0.340. The first kappa shape index (κ1) is 14.1. The Morgan fingerprint density at radius 3 is 2.40 bits per heavy atom. The second-order valence-corrected chi connectivity index (χ2v) is 5.07. The van der Waals surface area contributed by atoms with Crippen molar-refractivity contribution in [2.75, 3.05) is 5.73 Å². The maximum atomic E-state index is 12.1. The largest absolute Gasteiger partial charge is 0.457 e. The molecule has 2 aromatic rings. The van der Waals surface area contributed by atoms with Gasteiger partial charge < -0.3 is 10.5 Å². The molecule has 0 aliphatic carbocycles. The molecule has 2 N–H and O–H groups in total. The maximum Gasteiger partial charge on any atom is 0.338 e. The smallest absolute Gasteiger partial charge is 0.338 e. The zero-order valence-corrected chi connectivity index (χ0v) is 12.1. The summed E-state index contributed by atoms with van der Waals surface area (Å²) in [6.45, 7) is 6.24. The molecule has 0 bridgehead atoms. The Kier molecular flexibility index (Phi) is 4.08. The van der Waals surface area contributed by atoms with Crippen molar-refractivity contribution in [2.45, 2.75) is 27.4 Å². The predicted octanol–water partition coefficient (Wildman–Crippen LogP) is 3.55. The van der Waals surface area contributed by atoms with Gasteiger partial charge in [0, 0.05) is 5.69 Å². The van der Waals surface area contributed by atoms with Gasteiger partial charge in [-0.25, -0.2) is 4.79 Å². The Labute approximate surface area is 119 Å². The molecule has 0 saturated carbocycles. The number of hydrogen-bond donors (Lipinski definition) is 1. The molecule has 3 nitrogen and oxygen atoms in total. The van der Waals surface area contributed by atoms with Gasteiger partial charge >= 0.3 is 5.97 Å². The Morgan fingerprint density at radius 2 is 1.70 bits per heavy atom. The van der Waals surface area contributed by atoms with E-state index < -0.39 is 0 Å². The summed E-state index contributed by atoms with van der Waals surface area (Å²) in [6, 6.07) is 11.3. The summed E-state index contributed by atoms with van der Waals surface area (Å²) in [6.07, 6.45) is 0. The van der Waals surface area contributed by atoms with Crippen LogP contribution in [0.5, 0.6) is 0 Å². The van der Waals surface area contributed by atoms with Crippen LogP contribution in [0.2, 0.25) is 0 Å². The maximum absolute atomic E-state index is 12.1. The summed E-state index contributed by atoms with van der Waals surface area (Å²) in [5.41, 5.74) is 11.1. The molecule has 0 heterocycles. The fourth-order valence-corrected chi connectivity index (χ4v) is 1.98. The highest BCUT2D eigenvalue weighted by molar-refractivity contribution is 5.92. The number of ether oxygens (including phenoxy) is 1. The molecule has 104 valence electrons. The Morgan fingerprint density at radius 1 is 1.00 bits per heavy atom. The average molecular weight is 269 g/mol. The van der Waals surface area contributed by atoms with Crippen molar-refractivity contribution in [2.24, 2.45) is 0 Å². The van der Waals surface area contributed by atoms with Gasteiger partial charge in [0.1, 0.15) is 6.61 Å². The number of esters is 1. The van der Waals surface area contributed by atoms with Gasteiger partial charge in [-0.1, -0.05) is 24.3 Å². The summed E-state index contributed by atoms with van der Waals surface area (Å²) < 4.78 is 5.35. The van der Waals surface area contributed by atoms with E-state index in [4.69, 9.17) is 10.5 Å². The topological polar surface area (TPSA) is 52.3 Å². The third-order valence-electron chi connectivity index (χ3n) is 3.42. The standard InChI is InChI=1S/C17H19NO2/c1-11-4-6-14(8-13(11)3)10-20-17(19)16-9-15(18)7-5-12(16)2/h4-9H,10,18H2,1-3H3. The first-order valence-electron chi connectivity index (χ1n) is 6.57. The van der Waals surface area contributed by atoms with Gasteiger partial charge in [-0.3, -0.25) is 0 Å². The Balaban J connectivity index is 2.08. The second kappa shape index (κ2) is 5.78. The summed E-state index contributed by atoms with van der Waals surface area (Å²) in [5, 5.41) is 0. The molecule has 0 fully saturated rings. The number of benzene rings is 2. The van der Waals surface area contributed by atoms with E-state index in [1.54, 1.807) is 12.1 Å². The molecule has 20 heavy (non-hydrogen) atoms. The van der Waals surface area contributed by atoms with Crippen LogP contribution in [-0.4, -0.2) is 5.97 Å². The van der Waals surface area contributed by atoms with E-state index in [1.165, 1.54) is 11.1 Å². The molecule has 0 spiro atoms. The van der Waals surface area contributed by atoms with Crippen molar-refractivity contribution < 1.29 is 9.53 Å². The number of nitrogen functional groups attached to an aromatic ring is 1. The first-order valence-corrected chi connectivity index (χ1v) is 6.57. The summed E-state index contributed by atoms with van der Waals surface area (Å²) in [4.78, 5) is 12.1. The average Bonchev–Trinajstić information content (AvgIpc) is 2.42. The number of nitrogens with two attached hydrogens (primary N) is 1. The van der Waals surface area contributed by atoms with Crippen LogP contribution in [0.15, 0.2) is 36.4 Å². The van der Waals surface area contributed by atoms with Crippen LogP contribution in [0.3, 0.4) is 0 Å². The van der Waals surface area contributed by atoms with Crippen LogP contribution in [0.1, 0.15) is 32.6 Å². The molecular formula is C17H19NO2. The normalized spacial score (nSPS) is 10.3. The minimum absolute atomic E-state index is 0.272. The van der Waals surface area contributed by atoms with Crippen LogP contribution < -0.4 is 5.73 Å². The number of carbonyl (C=O) groups excluding carboxylic acids is 1. The van der Waals surface area contributed by atoms with E-state index in [0.29, 0.717) is 11.3 Å². The Hall–Kier alpha value is -2.29. The van der Waals surface area contributed by atoms with E-state index in [1.807, 2.05) is 38.1 Å². The molecule has 2 rings (SSSR count). The molecule has 0 aliphatic heterocycles. The van der Waals surface area contributed by atoms with Crippen molar-refractivity contribution in [3.8, 4) is 0 Å². The van der Waals surface area contributed by atoms with Gasteiger partial charge in [0.15, 0.2) is 0 Å². The number of aryl methyl sites for hydroxylation is 3.